The van der Waals surface area contributed by atoms with E-state index in [0.29, 0.717) is 11.1 Å². The smallest absolute Gasteiger partial charge is 0.375 e. The van der Waals surface area contributed by atoms with Crippen LogP contribution in [-0.2, 0) is 16.0 Å². The molecule has 30 heavy (non-hydrogen) atoms. The molecule has 5 nitrogen and oxygen atoms in total. The van der Waals surface area contributed by atoms with Crippen LogP contribution in [0.2, 0.25) is 0 Å². The van der Waals surface area contributed by atoms with Crippen LogP contribution in [0.25, 0.3) is 21.7 Å². The third kappa shape index (κ3) is 3.54. The van der Waals surface area contributed by atoms with Gasteiger partial charge in [0, 0.05) is 22.0 Å². The highest BCUT2D eigenvalue weighted by Crippen LogP contribution is 2.32. The molecule has 0 saturated heterocycles. The first-order valence-corrected chi connectivity index (χ1v) is 9.96. The SMILES string of the molecule is CCc1cccc(C)c1NC(=O)COC(=O)c1oc2c(ccc3ccccc32)c1C. The Balaban J connectivity index is 1.52. The molecule has 0 unspecified atom stereocenters. The van der Waals surface area contributed by atoms with E-state index in [1.807, 2.05) is 75.4 Å². The molecule has 0 aliphatic heterocycles. The standard InChI is InChI=1S/C25H23NO4/c1-4-17-10-7-8-15(2)22(17)26-21(27)14-29-25(28)23-16(3)19-13-12-18-9-5-6-11-20(18)24(19)30-23/h5-13H,4,14H2,1-3H3,(H,26,27). The summed E-state index contributed by atoms with van der Waals surface area (Å²) < 4.78 is 11.1. The molecule has 0 aliphatic rings. The van der Waals surface area contributed by atoms with Crippen LogP contribution in [0.4, 0.5) is 5.69 Å². The monoisotopic (exact) mass is 401 g/mol. The van der Waals surface area contributed by atoms with E-state index in [-0.39, 0.29) is 18.3 Å². The van der Waals surface area contributed by atoms with Gasteiger partial charge in [0.15, 0.2) is 6.61 Å². The number of nitrogens with one attached hydrogen (secondary N) is 1. The van der Waals surface area contributed by atoms with Gasteiger partial charge >= 0.3 is 5.97 Å². The van der Waals surface area contributed by atoms with E-state index in [4.69, 9.17) is 9.15 Å². The molecule has 0 saturated carbocycles. The van der Waals surface area contributed by atoms with E-state index in [9.17, 15) is 9.59 Å². The Kier molecular flexibility index (Phi) is 5.27. The summed E-state index contributed by atoms with van der Waals surface area (Å²) in [7, 11) is 0. The summed E-state index contributed by atoms with van der Waals surface area (Å²) in [5.41, 5.74) is 4.12. The average Bonchev–Trinajstić information content (AvgIpc) is 3.10. The number of fused-ring (bicyclic) bond motifs is 3. The van der Waals surface area contributed by atoms with Crippen molar-refractivity contribution in [1.82, 2.24) is 0 Å². The lowest BCUT2D eigenvalue weighted by atomic mass is 10.1. The van der Waals surface area contributed by atoms with E-state index in [2.05, 4.69) is 5.32 Å². The summed E-state index contributed by atoms with van der Waals surface area (Å²) in [6, 6.07) is 17.6. The lowest BCUT2D eigenvalue weighted by Gasteiger charge is -2.12. The van der Waals surface area contributed by atoms with Crippen molar-refractivity contribution >= 4 is 39.3 Å². The maximum Gasteiger partial charge on any atom is 0.375 e. The maximum absolute atomic E-state index is 12.6. The van der Waals surface area contributed by atoms with Crippen molar-refractivity contribution in [2.45, 2.75) is 27.2 Å². The van der Waals surface area contributed by atoms with Crippen molar-refractivity contribution in [2.75, 3.05) is 11.9 Å². The highest BCUT2D eigenvalue weighted by Gasteiger charge is 2.21. The van der Waals surface area contributed by atoms with Gasteiger partial charge < -0.3 is 14.5 Å². The highest BCUT2D eigenvalue weighted by atomic mass is 16.5. The van der Waals surface area contributed by atoms with Gasteiger partial charge in [0.1, 0.15) is 5.58 Å². The molecule has 0 spiro atoms. The van der Waals surface area contributed by atoms with E-state index in [1.165, 1.54) is 0 Å². The van der Waals surface area contributed by atoms with Gasteiger partial charge in [-0.1, -0.05) is 61.5 Å². The van der Waals surface area contributed by atoms with Crippen molar-refractivity contribution in [2.24, 2.45) is 0 Å². The Bertz CT molecular complexity index is 1270. The normalized spacial score (nSPS) is 11.0. The quantitative estimate of drug-likeness (QED) is 0.445. The molecule has 0 fully saturated rings. The fraction of sp³-hybridized carbons (Fsp3) is 0.200. The number of ether oxygens (including phenoxy) is 1. The van der Waals surface area contributed by atoms with Crippen LogP contribution < -0.4 is 5.32 Å². The first kappa shape index (κ1) is 19.7. The summed E-state index contributed by atoms with van der Waals surface area (Å²) in [6.07, 6.45) is 0.795. The number of rotatable bonds is 5. The van der Waals surface area contributed by atoms with E-state index in [0.717, 1.165) is 39.4 Å². The van der Waals surface area contributed by atoms with Gasteiger partial charge in [0.25, 0.3) is 5.91 Å². The fourth-order valence-corrected chi connectivity index (χ4v) is 3.72. The molecule has 1 heterocycles. The van der Waals surface area contributed by atoms with Crippen LogP contribution in [0.15, 0.2) is 59.0 Å². The number of furan rings is 1. The molecule has 3 aromatic carbocycles. The second-order valence-corrected chi connectivity index (χ2v) is 7.31. The van der Waals surface area contributed by atoms with Crippen molar-refractivity contribution in [3.8, 4) is 0 Å². The van der Waals surface area contributed by atoms with Crippen molar-refractivity contribution in [3.05, 3.63) is 77.0 Å². The molecule has 0 atom stereocenters. The van der Waals surface area contributed by atoms with Crippen molar-refractivity contribution < 1.29 is 18.7 Å². The van der Waals surface area contributed by atoms with Crippen LogP contribution >= 0.6 is 0 Å². The Hall–Kier alpha value is -3.60. The average molecular weight is 401 g/mol. The fourth-order valence-electron chi connectivity index (χ4n) is 3.72. The molecule has 4 rings (SSSR count). The van der Waals surface area contributed by atoms with Crippen molar-refractivity contribution in [1.29, 1.82) is 0 Å². The second-order valence-electron chi connectivity index (χ2n) is 7.31. The van der Waals surface area contributed by atoms with Gasteiger partial charge in [-0.2, -0.15) is 0 Å². The zero-order chi connectivity index (χ0) is 21.3. The van der Waals surface area contributed by atoms with Crippen LogP contribution in [0.3, 0.4) is 0 Å². The molecular formula is C25H23NO4. The first-order valence-electron chi connectivity index (χ1n) is 9.96. The Labute approximate surface area is 174 Å². The third-order valence-electron chi connectivity index (χ3n) is 5.35. The molecule has 1 amide bonds. The number of para-hydroxylation sites is 1. The molecule has 0 radical (unpaired) electrons. The van der Waals surface area contributed by atoms with E-state index in [1.54, 1.807) is 0 Å². The lowest BCUT2D eigenvalue weighted by Crippen LogP contribution is -2.22. The zero-order valence-corrected chi connectivity index (χ0v) is 17.2. The van der Waals surface area contributed by atoms with Crippen LogP contribution in [0.1, 0.15) is 34.2 Å². The van der Waals surface area contributed by atoms with Gasteiger partial charge in [-0.3, -0.25) is 4.79 Å². The number of aryl methyl sites for hydroxylation is 3. The van der Waals surface area contributed by atoms with Gasteiger partial charge in [-0.25, -0.2) is 4.79 Å². The number of amides is 1. The van der Waals surface area contributed by atoms with E-state index < -0.39 is 5.97 Å². The minimum Gasteiger partial charge on any atom is -0.450 e. The molecule has 1 N–H and O–H groups in total. The van der Waals surface area contributed by atoms with Gasteiger partial charge in [0.05, 0.1) is 0 Å². The Morgan fingerprint density at radius 3 is 2.57 bits per heavy atom. The largest absolute Gasteiger partial charge is 0.450 e. The molecule has 5 heteroatoms. The summed E-state index contributed by atoms with van der Waals surface area (Å²) >= 11 is 0. The Morgan fingerprint density at radius 1 is 0.967 bits per heavy atom. The minimum atomic E-state index is -0.650. The maximum atomic E-state index is 12.6. The number of hydrogen-bond acceptors (Lipinski definition) is 4. The summed E-state index contributed by atoms with van der Waals surface area (Å²) in [4.78, 5) is 25.0. The van der Waals surface area contributed by atoms with Crippen molar-refractivity contribution in [3.63, 3.8) is 0 Å². The predicted octanol–water partition coefficient (Wildman–Crippen LogP) is 5.56. The number of hydrogen-bond donors (Lipinski definition) is 1. The molecule has 1 aromatic heterocycles. The first-order chi connectivity index (χ1) is 14.5. The summed E-state index contributed by atoms with van der Waals surface area (Å²) in [5, 5.41) is 5.68. The second kappa shape index (κ2) is 8.03. The third-order valence-corrected chi connectivity index (χ3v) is 5.35. The molecule has 0 aliphatic carbocycles. The van der Waals surface area contributed by atoms with Gasteiger partial charge in [0.2, 0.25) is 5.76 Å². The molecular weight excluding hydrogens is 378 g/mol. The zero-order valence-electron chi connectivity index (χ0n) is 17.2. The van der Waals surface area contributed by atoms with Crippen LogP contribution in [-0.4, -0.2) is 18.5 Å². The summed E-state index contributed by atoms with van der Waals surface area (Å²) in [6.45, 7) is 5.40. The minimum absolute atomic E-state index is 0.124. The highest BCUT2D eigenvalue weighted by molar-refractivity contribution is 6.08. The summed E-state index contributed by atoms with van der Waals surface area (Å²) in [5.74, 6) is -0.908. The predicted molar refractivity (Wildman–Crippen MR) is 118 cm³/mol. The number of carbonyl (C=O) groups is 2. The molecule has 4 aromatic rings. The number of carbonyl (C=O) groups excluding carboxylic acids is 2. The molecule has 152 valence electrons. The van der Waals surface area contributed by atoms with Crippen LogP contribution in [0.5, 0.6) is 0 Å². The number of benzene rings is 3. The Morgan fingerprint density at radius 2 is 1.77 bits per heavy atom. The lowest BCUT2D eigenvalue weighted by molar-refractivity contribution is -0.119. The van der Waals surface area contributed by atoms with E-state index >= 15 is 0 Å². The topological polar surface area (TPSA) is 68.5 Å². The van der Waals surface area contributed by atoms with Crippen LogP contribution in [0, 0.1) is 13.8 Å². The van der Waals surface area contributed by atoms with Gasteiger partial charge in [-0.05, 0) is 36.8 Å². The number of esters is 1. The molecule has 0 bridgehead atoms. The number of anilines is 1. The van der Waals surface area contributed by atoms with Gasteiger partial charge in [-0.15, -0.1) is 0 Å².